The third-order valence-corrected chi connectivity index (χ3v) is 3.36. The van der Waals surface area contributed by atoms with Crippen molar-refractivity contribution in [2.24, 2.45) is 5.73 Å². The zero-order valence-electron chi connectivity index (χ0n) is 10.9. The normalized spacial score (nSPS) is 13.8. The molecule has 0 spiro atoms. The molecule has 1 aromatic heterocycles. The minimum atomic E-state index is -0.380. The lowest BCUT2D eigenvalue weighted by Crippen LogP contribution is -2.39. The van der Waals surface area contributed by atoms with Gasteiger partial charge in [0.25, 0.3) is 0 Å². The Morgan fingerprint density at radius 3 is 2.67 bits per heavy atom. The highest BCUT2D eigenvalue weighted by atomic mass is 16.3. The van der Waals surface area contributed by atoms with Crippen LogP contribution in [0.1, 0.15) is 31.7 Å². The van der Waals surface area contributed by atoms with Crippen LogP contribution < -0.4 is 5.73 Å². The summed E-state index contributed by atoms with van der Waals surface area (Å²) >= 11 is 0. The molecule has 0 bridgehead atoms. The number of aliphatic hydroxyl groups is 1. The number of rotatable bonds is 4. The summed E-state index contributed by atoms with van der Waals surface area (Å²) in [5, 5.41) is 10.4. The number of nitrogens with two attached hydrogens (primary N) is 1. The molecular formula is C15H20N2O. The maximum Gasteiger partial charge on any atom is 0.0737 e. The van der Waals surface area contributed by atoms with Gasteiger partial charge in [-0.05, 0) is 31.9 Å². The van der Waals surface area contributed by atoms with Crippen molar-refractivity contribution in [3.8, 4) is 0 Å². The third kappa shape index (κ3) is 2.52. The first-order valence-electron chi connectivity index (χ1n) is 6.27. The van der Waals surface area contributed by atoms with E-state index >= 15 is 0 Å². The van der Waals surface area contributed by atoms with Crippen LogP contribution in [0.3, 0.4) is 0 Å². The van der Waals surface area contributed by atoms with Crippen LogP contribution in [-0.4, -0.2) is 22.2 Å². The first kappa shape index (κ1) is 13.0. The number of nitrogens with zero attached hydrogens (tertiary/aromatic N) is 1. The van der Waals surface area contributed by atoms with E-state index in [-0.39, 0.29) is 18.1 Å². The number of benzene rings is 1. The van der Waals surface area contributed by atoms with Crippen LogP contribution in [0.5, 0.6) is 0 Å². The molecule has 3 heteroatoms. The number of fused-ring (bicyclic) bond motifs is 1. The second kappa shape index (κ2) is 5.04. The monoisotopic (exact) mass is 244 g/mol. The molecule has 0 aliphatic rings. The minimum absolute atomic E-state index is 0.0982. The van der Waals surface area contributed by atoms with Gasteiger partial charge in [0.15, 0.2) is 0 Å². The molecule has 0 aliphatic carbocycles. The van der Waals surface area contributed by atoms with Gasteiger partial charge in [-0.2, -0.15) is 0 Å². The Labute approximate surface area is 108 Å². The Bertz CT molecular complexity index is 526. The van der Waals surface area contributed by atoms with Crippen LogP contribution in [0, 0.1) is 0 Å². The molecule has 0 saturated heterocycles. The lowest BCUT2D eigenvalue weighted by molar-refractivity contribution is 0.251. The smallest absolute Gasteiger partial charge is 0.0737 e. The van der Waals surface area contributed by atoms with Gasteiger partial charge >= 0.3 is 0 Å². The zero-order chi connectivity index (χ0) is 13.2. The molecule has 0 fully saturated rings. The lowest BCUT2D eigenvalue weighted by atomic mass is 9.80. The van der Waals surface area contributed by atoms with Gasteiger partial charge in [0, 0.05) is 29.6 Å². The minimum Gasteiger partial charge on any atom is -0.396 e. The van der Waals surface area contributed by atoms with E-state index in [1.807, 2.05) is 38.1 Å². The Balaban J connectivity index is 2.57. The van der Waals surface area contributed by atoms with Crippen LogP contribution in [0.2, 0.25) is 0 Å². The molecule has 3 nitrogen and oxygen atoms in total. The molecule has 2 rings (SSSR count). The van der Waals surface area contributed by atoms with Crippen LogP contribution in [-0.2, 0) is 0 Å². The van der Waals surface area contributed by atoms with Crippen LogP contribution >= 0.6 is 0 Å². The van der Waals surface area contributed by atoms with Crippen molar-refractivity contribution in [2.45, 2.75) is 31.7 Å². The molecule has 96 valence electrons. The maximum absolute atomic E-state index is 9.26. The molecule has 2 aromatic rings. The molecular weight excluding hydrogens is 224 g/mol. The van der Waals surface area contributed by atoms with E-state index in [9.17, 15) is 5.11 Å². The molecule has 0 radical (unpaired) electrons. The summed E-state index contributed by atoms with van der Waals surface area (Å²) in [6.45, 7) is 4.12. The number of aromatic nitrogens is 1. The average Bonchev–Trinajstić information content (AvgIpc) is 2.34. The van der Waals surface area contributed by atoms with E-state index in [4.69, 9.17) is 5.73 Å². The predicted molar refractivity (Wildman–Crippen MR) is 74.5 cm³/mol. The van der Waals surface area contributed by atoms with E-state index in [1.54, 1.807) is 6.20 Å². The number of pyridine rings is 1. The van der Waals surface area contributed by atoms with Crippen LogP contribution in [0.4, 0.5) is 0 Å². The van der Waals surface area contributed by atoms with E-state index in [0.29, 0.717) is 6.42 Å². The van der Waals surface area contributed by atoms with Crippen molar-refractivity contribution in [3.63, 3.8) is 0 Å². The second-order valence-electron chi connectivity index (χ2n) is 5.31. The highest BCUT2D eigenvalue weighted by molar-refractivity contribution is 5.82. The van der Waals surface area contributed by atoms with E-state index in [2.05, 4.69) is 11.1 Å². The van der Waals surface area contributed by atoms with E-state index in [0.717, 1.165) is 16.5 Å². The quantitative estimate of drug-likeness (QED) is 0.868. The fourth-order valence-corrected chi connectivity index (χ4v) is 2.47. The van der Waals surface area contributed by atoms with E-state index in [1.165, 1.54) is 0 Å². The van der Waals surface area contributed by atoms with Crippen molar-refractivity contribution >= 4 is 10.9 Å². The van der Waals surface area contributed by atoms with E-state index < -0.39 is 0 Å². The van der Waals surface area contributed by atoms with Crippen molar-refractivity contribution in [2.75, 3.05) is 6.61 Å². The summed E-state index contributed by atoms with van der Waals surface area (Å²) < 4.78 is 0. The summed E-state index contributed by atoms with van der Waals surface area (Å²) in [6, 6.07) is 10.1. The summed E-state index contributed by atoms with van der Waals surface area (Å²) in [7, 11) is 0. The Hall–Kier alpha value is -1.45. The van der Waals surface area contributed by atoms with Gasteiger partial charge in [-0.3, -0.25) is 4.98 Å². The highest BCUT2D eigenvalue weighted by Crippen LogP contribution is 2.33. The SMILES string of the molecule is CC(C)(N)C(CCO)c1cccc2cccnc12. The number of hydrogen-bond donors (Lipinski definition) is 2. The second-order valence-corrected chi connectivity index (χ2v) is 5.31. The van der Waals surface area contributed by atoms with Gasteiger partial charge in [0.05, 0.1) is 5.52 Å². The predicted octanol–water partition coefficient (Wildman–Crippen LogP) is 2.44. The topological polar surface area (TPSA) is 59.1 Å². The highest BCUT2D eigenvalue weighted by Gasteiger charge is 2.27. The third-order valence-electron chi connectivity index (χ3n) is 3.36. The lowest BCUT2D eigenvalue weighted by Gasteiger charge is -2.31. The Kier molecular flexibility index (Phi) is 3.64. The molecule has 1 heterocycles. The van der Waals surface area contributed by atoms with Gasteiger partial charge < -0.3 is 10.8 Å². The average molecular weight is 244 g/mol. The van der Waals surface area contributed by atoms with Gasteiger partial charge in [0.1, 0.15) is 0 Å². The first-order chi connectivity index (χ1) is 8.54. The molecule has 1 aromatic carbocycles. The van der Waals surface area contributed by atoms with Gasteiger partial charge in [-0.25, -0.2) is 0 Å². The zero-order valence-corrected chi connectivity index (χ0v) is 10.9. The molecule has 1 unspecified atom stereocenters. The Morgan fingerprint density at radius 1 is 1.28 bits per heavy atom. The van der Waals surface area contributed by atoms with Gasteiger partial charge in [-0.15, -0.1) is 0 Å². The Morgan fingerprint density at radius 2 is 2.00 bits per heavy atom. The molecule has 18 heavy (non-hydrogen) atoms. The van der Waals surface area contributed by atoms with Crippen molar-refractivity contribution < 1.29 is 5.11 Å². The summed E-state index contributed by atoms with van der Waals surface area (Å²) in [5.41, 5.74) is 7.97. The number of aliphatic hydroxyl groups excluding tert-OH is 1. The first-order valence-corrected chi connectivity index (χ1v) is 6.27. The molecule has 0 saturated carbocycles. The number of para-hydroxylation sites is 1. The fourth-order valence-electron chi connectivity index (χ4n) is 2.47. The van der Waals surface area contributed by atoms with Crippen molar-refractivity contribution in [1.29, 1.82) is 0 Å². The molecule has 3 N–H and O–H groups in total. The summed E-state index contributed by atoms with van der Waals surface area (Å²) in [5.74, 6) is 0.0982. The molecule has 0 aliphatic heterocycles. The largest absolute Gasteiger partial charge is 0.396 e. The van der Waals surface area contributed by atoms with Crippen molar-refractivity contribution in [1.82, 2.24) is 4.98 Å². The molecule has 1 atom stereocenters. The summed E-state index contributed by atoms with van der Waals surface area (Å²) in [6.07, 6.45) is 2.45. The molecule has 0 amide bonds. The van der Waals surface area contributed by atoms with Gasteiger partial charge in [-0.1, -0.05) is 24.3 Å². The number of hydrogen-bond acceptors (Lipinski definition) is 3. The van der Waals surface area contributed by atoms with Crippen LogP contribution in [0.25, 0.3) is 10.9 Å². The van der Waals surface area contributed by atoms with Crippen molar-refractivity contribution in [3.05, 3.63) is 42.1 Å². The summed E-state index contributed by atoms with van der Waals surface area (Å²) in [4.78, 5) is 4.46. The standard InChI is InChI=1S/C15H20N2O/c1-15(2,16)13(8-10-18)12-7-3-5-11-6-4-9-17-14(11)12/h3-7,9,13,18H,8,10,16H2,1-2H3. The maximum atomic E-state index is 9.26. The fraction of sp³-hybridized carbons (Fsp3) is 0.400. The van der Waals surface area contributed by atoms with Gasteiger partial charge in [0.2, 0.25) is 0 Å². The van der Waals surface area contributed by atoms with Crippen LogP contribution in [0.15, 0.2) is 36.5 Å².